The molecule has 3 aromatic rings. The Morgan fingerprint density at radius 2 is 1.47 bits per heavy atom. The molecule has 0 bridgehead atoms. The summed E-state index contributed by atoms with van der Waals surface area (Å²) < 4.78 is 32.2. The zero-order valence-corrected chi connectivity index (χ0v) is 26.6. The number of pyridine rings is 2. The quantitative estimate of drug-likeness (QED) is 0.207. The van der Waals surface area contributed by atoms with Crippen LogP contribution in [0.5, 0.6) is 5.75 Å². The summed E-state index contributed by atoms with van der Waals surface area (Å²) in [5.74, 6) is 2.62. The summed E-state index contributed by atoms with van der Waals surface area (Å²) in [5.41, 5.74) is 7.89. The van der Waals surface area contributed by atoms with Crippen LogP contribution in [0.1, 0.15) is 65.7 Å². The zero-order valence-electron chi connectivity index (χ0n) is 25.1. The fourth-order valence-corrected chi connectivity index (χ4v) is 6.13. The Morgan fingerprint density at radius 1 is 0.884 bits per heavy atom. The Morgan fingerprint density at radius 3 is 2.00 bits per heavy atom. The molecule has 5 atom stereocenters. The minimum Gasteiger partial charge on any atom is -0.490 e. The van der Waals surface area contributed by atoms with Gasteiger partial charge in [0.15, 0.2) is 0 Å². The van der Waals surface area contributed by atoms with Gasteiger partial charge in [0.1, 0.15) is 36.3 Å². The summed E-state index contributed by atoms with van der Waals surface area (Å²) >= 11 is 12.3. The van der Waals surface area contributed by atoms with E-state index in [9.17, 15) is 8.78 Å². The highest BCUT2D eigenvalue weighted by Crippen LogP contribution is 2.32. The third-order valence-electron chi connectivity index (χ3n) is 7.62. The van der Waals surface area contributed by atoms with Crippen molar-refractivity contribution in [3.8, 4) is 16.9 Å². The molecule has 43 heavy (non-hydrogen) atoms. The molecule has 2 heterocycles. The van der Waals surface area contributed by atoms with Crippen LogP contribution in [0.25, 0.3) is 11.1 Å². The highest BCUT2D eigenvalue weighted by Gasteiger charge is 2.25. The maximum Gasteiger partial charge on any atom is 0.138 e. The topological polar surface area (TPSA) is 85.1 Å². The van der Waals surface area contributed by atoms with E-state index >= 15 is 0 Å². The lowest BCUT2D eigenvalue weighted by Crippen LogP contribution is -2.43. The third-order valence-corrected chi connectivity index (χ3v) is 8.15. The maximum atomic E-state index is 13.4. The van der Waals surface area contributed by atoms with Crippen LogP contribution in [-0.4, -0.2) is 46.5 Å². The van der Waals surface area contributed by atoms with Crippen molar-refractivity contribution >= 4 is 34.8 Å². The average Bonchev–Trinajstić information content (AvgIpc) is 3.54. The standard InChI is InChI=1S/C23H31ClFN3O.C10H12ClFN2/c1-15(2)13-23(3,26)14-29-21-7-4-16(10-20(21)24)17-8-9-27-22(11-17)28-19-6-5-18(25)12-19;11-7-3-4-13-10(5-7)14-9-2-1-8(12)6-9/h4,7-11,15,18-19H,5-6,12-14,26H2,1-3H3,(H,27,28);3-5,8-9H,1-2,6H2,(H,13,14)/t18?,19?,23-;/m0./s1. The number of alkyl halides is 2. The van der Waals surface area contributed by atoms with E-state index in [1.54, 1.807) is 24.5 Å². The van der Waals surface area contributed by atoms with E-state index in [0.29, 0.717) is 54.0 Å². The molecule has 1 aromatic carbocycles. The zero-order chi connectivity index (χ0) is 31.0. The van der Waals surface area contributed by atoms with Crippen LogP contribution in [0.3, 0.4) is 0 Å². The molecule has 2 aliphatic carbocycles. The van der Waals surface area contributed by atoms with Crippen molar-refractivity contribution in [1.29, 1.82) is 0 Å². The van der Waals surface area contributed by atoms with Gasteiger partial charge < -0.3 is 21.1 Å². The lowest BCUT2D eigenvalue weighted by Gasteiger charge is -2.26. The fourth-order valence-electron chi connectivity index (χ4n) is 5.74. The molecule has 2 saturated carbocycles. The van der Waals surface area contributed by atoms with Crippen LogP contribution >= 0.6 is 23.2 Å². The van der Waals surface area contributed by atoms with Crippen molar-refractivity contribution < 1.29 is 13.5 Å². The number of nitrogens with zero attached hydrogens (tertiary/aromatic N) is 2. The number of rotatable bonds is 10. The number of benzene rings is 1. The van der Waals surface area contributed by atoms with Crippen LogP contribution in [0.4, 0.5) is 20.4 Å². The van der Waals surface area contributed by atoms with Gasteiger partial charge in [0, 0.05) is 35.0 Å². The molecule has 0 amide bonds. The highest BCUT2D eigenvalue weighted by atomic mass is 35.5. The van der Waals surface area contributed by atoms with Crippen LogP contribution in [0.15, 0.2) is 54.9 Å². The molecule has 4 unspecified atom stereocenters. The first kappa shape index (κ1) is 33.2. The number of nitrogens with two attached hydrogens (primary N) is 1. The fraction of sp³-hybridized carbons (Fsp3) is 0.515. The Bertz CT molecular complexity index is 1330. The first-order chi connectivity index (χ1) is 20.5. The van der Waals surface area contributed by atoms with Gasteiger partial charge in [-0.3, -0.25) is 0 Å². The van der Waals surface area contributed by atoms with E-state index in [4.69, 9.17) is 33.7 Å². The van der Waals surface area contributed by atoms with Crippen molar-refractivity contribution in [1.82, 2.24) is 9.97 Å². The normalized spacial score (nSPS) is 22.9. The molecule has 10 heteroatoms. The number of anilines is 2. The summed E-state index contributed by atoms with van der Waals surface area (Å²) in [6.45, 7) is 6.70. The third kappa shape index (κ3) is 10.8. The molecule has 6 nitrogen and oxygen atoms in total. The molecule has 0 spiro atoms. The first-order valence-corrected chi connectivity index (χ1v) is 15.8. The van der Waals surface area contributed by atoms with Crippen molar-refractivity contribution in [2.24, 2.45) is 11.7 Å². The Kier molecular flexibility index (Phi) is 11.9. The molecule has 0 aliphatic heterocycles. The van der Waals surface area contributed by atoms with Crippen LogP contribution in [-0.2, 0) is 0 Å². The minimum atomic E-state index is -0.710. The SMILES string of the molecule is CC(C)C[C@](C)(N)COc1ccc(-c2ccnc(NC3CCC(F)C3)c2)cc1Cl.FC1CCC(Nc2cc(Cl)ccn2)C1. The average molecular weight is 635 g/mol. The Balaban J connectivity index is 0.000000251. The predicted octanol–water partition coefficient (Wildman–Crippen LogP) is 8.88. The summed E-state index contributed by atoms with van der Waals surface area (Å²) in [5, 5.41) is 7.71. The summed E-state index contributed by atoms with van der Waals surface area (Å²) in [7, 11) is 0. The van der Waals surface area contributed by atoms with Crippen molar-refractivity contribution in [2.75, 3.05) is 17.2 Å². The molecular formula is C33H43Cl2F2N5O. The second-order valence-corrected chi connectivity index (χ2v) is 13.3. The van der Waals surface area contributed by atoms with Gasteiger partial charge in [0.2, 0.25) is 0 Å². The lowest BCUT2D eigenvalue weighted by atomic mass is 9.93. The van der Waals surface area contributed by atoms with Gasteiger partial charge in [0.25, 0.3) is 0 Å². The smallest absolute Gasteiger partial charge is 0.138 e. The monoisotopic (exact) mass is 633 g/mol. The number of hydrogen-bond acceptors (Lipinski definition) is 6. The van der Waals surface area contributed by atoms with E-state index in [-0.39, 0.29) is 12.1 Å². The summed E-state index contributed by atoms with van der Waals surface area (Å²) in [4.78, 5) is 8.48. The number of nitrogens with one attached hydrogen (secondary N) is 2. The van der Waals surface area contributed by atoms with Gasteiger partial charge in [0.05, 0.1) is 5.02 Å². The van der Waals surface area contributed by atoms with Crippen molar-refractivity contribution in [3.63, 3.8) is 0 Å². The molecule has 2 fully saturated rings. The number of ether oxygens (including phenoxy) is 1. The number of hydrogen-bond donors (Lipinski definition) is 3. The molecule has 234 valence electrons. The van der Waals surface area contributed by atoms with Gasteiger partial charge in [-0.25, -0.2) is 18.7 Å². The van der Waals surface area contributed by atoms with Crippen LogP contribution < -0.4 is 21.1 Å². The second kappa shape index (κ2) is 15.4. The van der Waals surface area contributed by atoms with Crippen molar-refractivity contribution in [3.05, 3.63) is 64.9 Å². The maximum absolute atomic E-state index is 13.4. The van der Waals surface area contributed by atoms with E-state index in [1.165, 1.54) is 0 Å². The van der Waals surface area contributed by atoms with Gasteiger partial charge in [-0.15, -0.1) is 0 Å². The van der Waals surface area contributed by atoms with Crippen LogP contribution in [0.2, 0.25) is 10.0 Å². The second-order valence-electron chi connectivity index (χ2n) is 12.5. The molecule has 2 aromatic heterocycles. The van der Waals surface area contributed by atoms with Gasteiger partial charge >= 0.3 is 0 Å². The first-order valence-electron chi connectivity index (χ1n) is 15.1. The number of aromatic nitrogens is 2. The molecule has 4 N–H and O–H groups in total. The Labute approximate surface area is 264 Å². The van der Waals surface area contributed by atoms with E-state index in [2.05, 4.69) is 34.4 Å². The van der Waals surface area contributed by atoms with Crippen LogP contribution in [0, 0.1) is 5.92 Å². The van der Waals surface area contributed by atoms with Gasteiger partial charge in [-0.1, -0.05) is 43.1 Å². The molecule has 2 aliphatic rings. The Hall–Kier alpha value is -2.68. The molecule has 0 saturated heterocycles. The highest BCUT2D eigenvalue weighted by molar-refractivity contribution is 6.32. The predicted molar refractivity (Wildman–Crippen MR) is 174 cm³/mol. The van der Waals surface area contributed by atoms with E-state index < -0.39 is 17.9 Å². The van der Waals surface area contributed by atoms with Gasteiger partial charge in [-0.05, 0) is 105 Å². The largest absolute Gasteiger partial charge is 0.490 e. The van der Waals surface area contributed by atoms with E-state index in [0.717, 1.165) is 42.0 Å². The number of halogens is 4. The summed E-state index contributed by atoms with van der Waals surface area (Å²) in [6.07, 6.45) is 7.00. The lowest BCUT2D eigenvalue weighted by molar-refractivity contribution is 0.207. The van der Waals surface area contributed by atoms with E-state index in [1.807, 2.05) is 37.3 Å². The van der Waals surface area contributed by atoms with Crippen molar-refractivity contribution in [2.45, 2.75) is 95.7 Å². The summed E-state index contributed by atoms with van der Waals surface area (Å²) in [6, 6.07) is 13.5. The molecular weight excluding hydrogens is 591 g/mol. The minimum absolute atomic E-state index is 0.142. The molecule has 5 rings (SSSR count). The van der Waals surface area contributed by atoms with Gasteiger partial charge in [-0.2, -0.15) is 0 Å². The molecule has 0 radical (unpaired) electrons.